The van der Waals surface area contributed by atoms with Gasteiger partial charge in [-0.15, -0.1) is 0 Å². The van der Waals surface area contributed by atoms with E-state index in [2.05, 4.69) is 0 Å². The van der Waals surface area contributed by atoms with Crippen LogP contribution in [0.2, 0.25) is 0 Å². The minimum atomic E-state index is -0.789. The zero-order chi connectivity index (χ0) is 11.7. The molecule has 2 heterocycles. The number of rotatable bonds is 3. The summed E-state index contributed by atoms with van der Waals surface area (Å²) in [6.07, 6.45) is 1.76. The van der Waals surface area contributed by atoms with E-state index in [1.807, 2.05) is 6.92 Å². The Balaban J connectivity index is 1.75. The van der Waals surface area contributed by atoms with Crippen molar-refractivity contribution in [1.82, 2.24) is 4.90 Å². The van der Waals surface area contributed by atoms with Crippen molar-refractivity contribution < 1.29 is 19.4 Å². The van der Waals surface area contributed by atoms with Crippen molar-refractivity contribution in [3.8, 4) is 0 Å². The smallest absolute Gasteiger partial charge is 0.303 e. The van der Waals surface area contributed by atoms with Crippen LogP contribution in [0.15, 0.2) is 0 Å². The van der Waals surface area contributed by atoms with E-state index in [1.165, 1.54) is 0 Å². The molecule has 90 valence electrons. The number of carbonyl (C=O) groups excluding carboxylic acids is 1. The van der Waals surface area contributed by atoms with Gasteiger partial charge in [0.1, 0.15) is 6.10 Å². The third kappa shape index (κ3) is 2.35. The first-order valence-electron chi connectivity index (χ1n) is 5.72. The highest BCUT2D eigenvalue weighted by atomic mass is 16.5. The minimum Gasteiger partial charge on any atom is -0.481 e. The van der Waals surface area contributed by atoms with Gasteiger partial charge in [-0.1, -0.05) is 0 Å². The summed E-state index contributed by atoms with van der Waals surface area (Å²) in [5, 5.41) is 8.59. The summed E-state index contributed by atoms with van der Waals surface area (Å²) in [7, 11) is 0. The van der Waals surface area contributed by atoms with Gasteiger partial charge in [-0.25, -0.2) is 0 Å². The van der Waals surface area contributed by atoms with Crippen LogP contribution in [-0.4, -0.2) is 47.2 Å². The lowest BCUT2D eigenvalue weighted by atomic mass is 9.95. The van der Waals surface area contributed by atoms with Crippen LogP contribution in [0.3, 0.4) is 0 Å². The molecule has 0 aromatic carbocycles. The predicted octanol–water partition coefficient (Wildman–Crippen LogP) is 0.487. The quantitative estimate of drug-likeness (QED) is 0.761. The molecule has 1 N–H and O–H groups in total. The normalized spacial score (nSPS) is 30.2. The molecule has 2 saturated heterocycles. The molecule has 0 bridgehead atoms. The third-order valence-electron chi connectivity index (χ3n) is 3.24. The van der Waals surface area contributed by atoms with E-state index in [0.717, 1.165) is 12.8 Å². The molecule has 2 aliphatic heterocycles. The lowest BCUT2D eigenvalue weighted by molar-refractivity contribution is -0.152. The highest BCUT2D eigenvalue weighted by Crippen LogP contribution is 2.25. The molecule has 0 spiro atoms. The highest BCUT2D eigenvalue weighted by molar-refractivity contribution is 5.82. The van der Waals surface area contributed by atoms with Gasteiger partial charge in [0, 0.05) is 19.0 Å². The van der Waals surface area contributed by atoms with E-state index < -0.39 is 5.97 Å². The first-order valence-corrected chi connectivity index (χ1v) is 5.72. The van der Waals surface area contributed by atoms with Crippen molar-refractivity contribution in [1.29, 1.82) is 0 Å². The Bertz CT molecular complexity index is 298. The fourth-order valence-electron chi connectivity index (χ4n) is 2.31. The van der Waals surface area contributed by atoms with Crippen LogP contribution in [0.4, 0.5) is 0 Å². The lowest BCUT2D eigenvalue weighted by Crippen LogP contribution is -2.53. The van der Waals surface area contributed by atoms with Gasteiger partial charge in [-0.3, -0.25) is 9.59 Å². The summed E-state index contributed by atoms with van der Waals surface area (Å²) in [5.74, 6) is -0.630. The van der Waals surface area contributed by atoms with Crippen LogP contribution in [0.25, 0.3) is 0 Å². The maximum absolute atomic E-state index is 11.9. The third-order valence-corrected chi connectivity index (χ3v) is 3.24. The summed E-state index contributed by atoms with van der Waals surface area (Å²) < 4.78 is 5.49. The fraction of sp³-hybridized carbons (Fsp3) is 0.818. The Morgan fingerprint density at radius 3 is 2.56 bits per heavy atom. The number of ether oxygens (including phenoxy) is 1. The second-order valence-corrected chi connectivity index (χ2v) is 4.72. The van der Waals surface area contributed by atoms with Gasteiger partial charge in [-0.2, -0.15) is 0 Å². The van der Waals surface area contributed by atoms with E-state index in [4.69, 9.17) is 9.84 Å². The van der Waals surface area contributed by atoms with E-state index in [1.54, 1.807) is 4.90 Å². The minimum absolute atomic E-state index is 0.0333. The van der Waals surface area contributed by atoms with E-state index in [9.17, 15) is 9.59 Å². The van der Waals surface area contributed by atoms with Crippen LogP contribution in [0.1, 0.15) is 26.2 Å². The van der Waals surface area contributed by atoms with Crippen molar-refractivity contribution in [2.24, 2.45) is 5.92 Å². The van der Waals surface area contributed by atoms with E-state index >= 15 is 0 Å². The molecule has 2 unspecified atom stereocenters. The number of carboxylic acids is 1. The zero-order valence-corrected chi connectivity index (χ0v) is 9.39. The topological polar surface area (TPSA) is 66.8 Å². The predicted molar refractivity (Wildman–Crippen MR) is 55.9 cm³/mol. The summed E-state index contributed by atoms with van der Waals surface area (Å²) in [4.78, 5) is 24.0. The molecule has 0 aromatic rings. The largest absolute Gasteiger partial charge is 0.481 e. The standard InChI is InChI=1S/C11H17NO4/c1-7-2-3-9(16-7)11(15)12-5-8(6-12)4-10(13)14/h7-9H,2-6H2,1H3,(H,13,14). The number of nitrogens with zero attached hydrogens (tertiary/aromatic N) is 1. The molecule has 2 fully saturated rings. The van der Waals surface area contributed by atoms with Crippen LogP contribution >= 0.6 is 0 Å². The molecule has 0 aliphatic carbocycles. The summed E-state index contributed by atoms with van der Waals surface area (Å²) in [5.41, 5.74) is 0. The monoisotopic (exact) mass is 227 g/mol. The molecule has 0 aromatic heterocycles. The molecule has 1 amide bonds. The number of hydrogen-bond donors (Lipinski definition) is 1. The average molecular weight is 227 g/mol. The Kier molecular flexibility index (Phi) is 3.14. The maximum Gasteiger partial charge on any atom is 0.303 e. The van der Waals surface area contributed by atoms with Gasteiger partial charge in [0.2, 0.25) is 0 Å². The molecule has 16 heavy (non-hydrogen) atoms. The SMILES string of the molecule is CC1CCC(C(=O)N2CC(CC(=O)O)C2)O1. The number of aliphatic carboxylic acids is 1. The van der Waals surface area contributed by atoms with Crippen molar-refractivity contribution in [2.45, 2.75) is 38.4 Å². The number of likely N-dealkylation sites (tertiary alicyclic amines) is 1. The Labute approximate surface area is 94.4 Å². The maximum atomic E-state index is 11.9. The highest BCUT2D eigenvalue weighted by Gasteiger charge is 2.38. The van der Waals surface area contributed by atoms with Gasteiger partial charge in [0.15, 0.2) is 0 Å². The Morgan fingerprint density at radius 2 is 2.06 bits per heavy atom. The van der Waals surface area contributed by atoms with Gasteiger partial charge in [-0.05, 0) is 19.8 Å². The molecule has 2 atom stereocenters. The number of carboxylic acid groups (broad SMARTS) is 1. The molecular formula is C11H17NO4. The van der Waals surface area contributed by atoms with Gasteiger partial charge < -0.3 is 14.7 Å². The summed E-state index contributed by atoms with van der Waals surface area (Å²) in [6.45, 7) is 3.11. The number of hydrogen-bond acceptors (Lipinski definition) is 3. The van der Waals surface area contributed by atoms with Crippen LogP contribution in [0.5, 0.6) is 0 Å². The Morgan fingerprint density at radius 1 is 1.38 bits per heavy atom. The second kappa shape index (κ2) is 4.41. The van der Waals surface area contributed by atoms with Crippen LogP contribution in [0, 0.1) is 5.92 Å². The summed E-state index contributed by atoms with van der Waals surface area (Å²) in [6, 6.07) is 0. The van der Waals surface area contributed by atoms with Crippen molar-refractivity contribution in [2.75, 3.05) is 13.1 Å². The Hall–Kier alpha value is -1.10. The zero-order valence-electron chi connectivity index (χ0n) is 9.39. The molecule has 5 nitrogen and oxygen atoms in total. The molecule has 0 saturated carbocycles. The average Bonchev–Trinajstić information content (AvgIpc) is 2.56. The molecule has 0 radical (unpaired) electrons. The van der Waals surface area contributed by atoms with Gasteiger partial charge >= 0.3 is 5.97 Å². The first kappa shape index (κ1) is 11.4. The van der Waals surface area contributed by atoms with Crippen molar-refractivity contribution >= 4 is 11.9 Å². The van der Waals surface area contributed by atoms with Crippen molar-refractivity contribution in [3.05, 3.63) is 0 Å². The fourth-order valence-corrected chi connectivity index (χ4v) is 2.31. The number of carbonyl (C=O) groups is 2. The molecule has 2 aliphatic rings. The van der Waals surface area contributed by atoms with Gasteiger partial charge in [0.05, 0.1) is 12.5 Å². The number of amides is 1. The van der Waals surface area contributed by atoms with Crippen molar-refractivity contribution in [3.63, 3.8) is 0 Å². The lowest BCUT2D eigenvalue weighted by Gasteiger charge is -2.39. The van der Waals surface area contributed by atoms with Gasteiger partial charge in [0.25, 0.3) is 5.91 Å². The van der Waals surface area contributed by atoms with E-state index in [0.29, 0.717) is 13.1 Å². The second-order valence-electron chi connectivity index (χ2n) is 4.72. The van der Waals surface area contributed by atoms with E-state index in [-0.39, 0.29) is 30.5 Å². The molecule has 2 rings (SSSR count). The molecule has 5 heteroatoms. The summed E-state index contributed by atoms with van der Waals surface area (Å²) >= 11 is 0. The van der Waals surface area contributed by atoms with Crippen LogP contribution in [-0.2, 0) is 14.3 Å². The first-order chi connectivity index (χ1) is 7.56. The van der Waals surface area contributed by atoms with Crippen LogP contribution < -0.4 is 0 Å². The molecular weight excluding hydrogens is 210 g/mol.